The van der Waals surface area contributed by atoms with Gasteiger partial charge in [-0.25, -0.2) is 9.37 Å². The predicted molar refractivity (Wildman–Crippen MR) is 114 cm³/mol. The van der Waals surface area contributed by atoms with Crippen LogP contribution < -0.4 is 16.2 Å². The Morgan fingerprint density at radius 2 is 2.06 bits per heavy atom. The first-order valence-corrected chi connectivity index (χ1v) is 9.88. The number of carbonyl (C=O) groups is 2. The lowest BCUT2D eigenvalue weighted by atomic mass is 10.0. The fraction of sp³-hybridized carbons (Fsp3) is 0.217. The normalized spacial score (nSPS) is 16.3. The van der Waals surface area contributed by atoms with Crippen molar-refractivity contribution in [3.05, 3.63) is 87.9 Å². The number of hydrogen-bond acceptors (Lipinski definition) is 4. The predicted octanol–water partition coefficient (Wildman–Crippen LogP) is 2.74. The Bertz CT molecular complexity index is 1280. The number of rotatable bonds is 4. The summed E-state index contributed by atoms with van der Waals surface area (Å²) >= 11 is 0. The van der Waals surface area contributed by atoms with Crippen LogP contribution in [0.1, 0.15) is 40.6 Å². The first-order valence-electron chi connectivity index (χ1n) is 9.88. The first kappa shape index (κ1) is 20.5. The average Bonchev–Trinajstić information content (AvgIpc) is 2.73. The Balaban J connectivity index is 1.70. The number of carbonyl (C=O) groups excluding carboxylic acids is 2. The van der Waals surface area contributed by atoms with E-state index in [-0.39, 0.29) is 23.6 Å². The molecule has 158 valence electrons. The smallest absolute Gasteiger partial charge is 0.262 e. The number of amides is 2. The van der Waals surface area contributed by atoms with Gasteiger partial charge in [0.2, 0.25) is 5.91 Å². The van der Waals surface area contributed by atoms with Crippen molar-refractivity contribution in [3.63, 3.8) is 0 Å². The van der Waals surface area contributed by atoms with Crippen molar-refractivity contribution in [1.29, 1.82) is 0 Å². The van der Waals surface area contributed by atoms with E-state index in [2.05, 4.69) is 22.2 Å². The summed E-state index contributed by atoms with van der Waals surface area (Å²) in [5.41, 5.74) is 1.50. The van der Waals surface area contributed by atoms with Gasteiger partial charge in [-0.15, -0.1) is 0 Å². The van der Waals surface area contributed by atoms with Crippen LogP contribution in [-0.4, -0.2) is 21.4 Å². The molecule has 2 N–H and O–H groups in total. The summed E-state index contributed by atoms with van der Waals surface area (Å²) in [6, 6.07) is 10.3. The molecule has 0 spiro atoms. The molecule has 1 aromatic heterocycles. The minimum Gasteiger partial charge on any atom is -0.348 e. The maximum absolute atomic E-state index is 13.5. The number of piperidine rings is 1. The van der Waals surface area contributed by atoms with Crippen molar-refractivity contribution in [1.82, 2.24) is 20.2 Å². The van der Waals surface area contributed by atoms with Crippen LogP contribution in [0, 0.1) is 12.7 Å². The van der Waals surface area contributed by atoms with E-state index < -0.39 is 17.8 Å². The zero-order valence-electron chi connectivity index (χ0n) is 16.9. The zero-order valence-corrected chi connectivity index (χ0v) is 16.9. The number of hydrogen-bond donors (Lipinski definition) is 2. The highest BCUT2D eigenvalue weighted by Gasteiger charge is 2.26. The lowest BCUT2D eigenvalue weighted by Crippen LogP contribution is -2.39. The van der Waals surface area contributed by atoms with Gasteiger partial charge in [-0.3, -0.25) is 19.0 Å². The number of aryl methyl sites for hydroxylation is 1. The molecule has 7 nitrogen and oxygen atoms in total. The highest BCUT2D eigenvalue weighted by Crippen LogP contribution is 2.25. The fourth-order valence-corrected chi connectivity index (χ4v) is 3.90. The van der Waals surface area contributed by atoms with Crippen LogP contribution in [0.4, 0.5) is 4.39 Å². The van der Waals surface area contributed by atoms with Crippen LogP contribution in [0.5, 0.6) is 0 Å². The molecule has 2 heterocycles. The van der Waals surface area contributed by atoms with Crippen molar-refractivity contribution in [2.45, 2.75) is 32.4 Å². The molecule has 8 heteroatoms. The van der Waals surface area contributed by atoms with E-state index in [1.165, 1.54) is 18.2 Å². The standard InChI is InChI=1S/C23H21FN4O3/c1-13-19(9-10-20(29)26-13)28-14(2)27-18-8-4-6-16(21(18)23(28)31)12-25-22(30)15-5-3-7-17(24)11-15/h3-8,11,19H,1,9-10,12H2,2H3,(H,25,30)(H,26,29). The summed E-state index contributed by atoms with van der Waals surface area (Å²) in [7, 11) is 0. The van der Waals surface area contributed by atoms with Crippen LogP contribution >= 0.6 is 0 Å². The van der Waals surface area contributed by atoms with Crippen LogP contribution in [-0.2, 0) is 11.3 Å². The van der Waals surface area contributed by atoms with Crippen molar-refractivity contribution in [2.75, 3.05) is 0 Å². The molecule has 1 saturated heterocycles. The van der Waals surface area contributed by atoms with Crippen LogP contribution in [0.15, 0.2) is 59.5 Å². The molecule has 3 aromatic rings. The van der Waals surface area contributed by atoms with Gasteiger partial charge in [0.1, 0.15) is 11.6 Å². The number of fused-ring (bicyclic) bond motifs is 1. The minimum absolute atomic E-state index is 0.0784. The number of benzene rings is 2. The summed E-state index contributed by atoms with van der Waals surface area (Å²) in [5, 5.41) is 5.82. The van der Waals surface area contributed by atoms with E-state index in [4.69, 9.17) is 0 Å². The van der Waals surface area contributed by atoms with Gasteiger partial charge < -0.3 is 10.6 Å². The summed E-state index contributed by atoms with van der Waals surface area (Å²) in [6.45, 7) is 5.72. The number of nitrogens with one attached hydrogen (secondary N) is 2. The minimum atomic E-state index is -0.500. The van der Waals surface area contributed by atoms with Crippen molar-refractivity contribution < 1.29 is 14.0 Å². The summed E-state index contributed by atoms with van der Waals surface area (Å²) in [5.74, 6) is -0.553. The molecule has 2 amide bonds. The molecule has 0 saturated carbocycles. The third kappa shape index (κ3) is 3.96. The lowest BCUT2D eigenvalue weighted by Gasteiger charge is -2.28. The summed E-state index contributed by atoms with van der Waals surface area (Å²) in [6.07, 6.45) is 0.746. The van der Waals surface area contributed by atoms with Gasteiger partial charge in [0, 0.05) is 24.2 Å². The van der Waals surface area contributed by atoms with Crippen molar-refractivity contribution in [3.8, 4) is 0 Å². The fourth-order valence-electron chi connectivity index (χ4n) is 3.90. The third-order valence-electron chi connectivity index (χ3n) is 5.38. The Morgan fingerprint density at radius 3 is 2.81 bits per heavy atom. The number of nitrogens with zero attached hydrogens (tertiary/aromatic N) is 2. The zero-order chi connectivity index (χ0) is 22.1. The van der Waals surface area contributed by atoms with E-state index in [1.54, 1.807) is 29.7 Å². The quantitative estimate of drug-likeness (QED) is 0.679. The third-order valence-corrected chi connectivity index (χ3v) is 5.38. The Kier molecular flexibility index (Phi) is 5.37. The van der Waals surface area contributed by atoms with Gasteiger partial charge in [0.05, 0.1) is 16.9 Å². The highest BCUT2D eigenvalue weighted by molar-refractivity contribution is 5.94. The molecule has 0 radical (unpaired) electrons. The molecule has 2 aromatic carbocycles. The molecule has 1 atom stereocenters. The van der Waals surface area contributed by atoms with E-state index in [1.807, 2.05) is 0 Å². The Morgan fingerprint density at radius 1 is 1.29 bits per heavy atom. The molecular formula is C23H21FN4O3. The number of halogens is 1. The Hall–Kier alpha value is -3.81. The van der Waals surface area contributed by atoms with Gasteiger partial charge in [0.15, 0.2) is 0 Å². The molecule has 4 rings (SSSR count). The second-order valence-corrected chi connectivity index (χ2v) is 7.47. The summed E-state index contributed by atoms with van der Waals surface area (Å²) in [4.78, 5) is 42.1. The second-order valence-electron chi connectivity index (χ2n) is 7.47. The lowest BCUT2D eigenvalue weighted by molar-refractivity contribution is -0.121. The van der Waals surface area contributed by atoms with Gasteiger partial charge in [-0.2, -0.15) is 0 Å². The molecule has 31 heavy (non-hydrogen) atoms. The van der Waals surface area contributed by atoms with Crippen LogP contribution in [0.2, 0.25) is 0 Å². The molecule has 0 bridgehead atoms. The summed E-state index contributed by atoms with van der Waals surface area (Å²) < 4.78 is 14.9. The largest absolute Gasteiger partial charge is 0.348 e. The van der Waals surface area contributed by atoms with Crippen molar-refractivity contribution >= 4 is 22.7 Å². The maximum Gasteiger partial charge on any atom is 0.262 e. The first-order chi connectivity index (χ1) is 14.8. The van der Waals surface area contributed by atoms with Crippen molar-refractivity contribution in [2.24, 2.45) is 0 Å². The Labute approximate surface area is 177 Å². The number of allylic oxidation sites excluding steroid dienone is 1. The van der Waals surface area contributed by atoms with Gasteiger partial charge in [-0.1, -0.05) is 24.8 Å². The number of aromatic nitrogens is 2. The SMILES string of the molecule is C=C1NC(=O)CCC1n1c(C)nc2cccc(CNC(=O)c3cccc(F)c3)c2c1=O. The second kappa shape index (κ2) is 8.14. The molecule has 0 aliphatic carbocycles. The maximum atomic E-state index is 13.5. The average molecular weight is 420 g/mol. The van der Waals surface area contributed by atoms with Gasteiger partial charge >= 0.3 is 0 Å². The van der Waals surface area contributed by atoms with Gasteiger partial charge in [0.25, 0.3) is 11.5 Å². The van der Waals surface area contributed by atoms with E-state index >= 15 is 0 Å². The topological polar surface area (TPSA) is 93.1 Å². The van der Waals surface area contributed by atoms with E-state index in [0.29, 0.717) is 40.8 Å². The molecule has 1 aliphatic heterocycles. The molecular weight excluding hydrogens is 399 g/mol. The van der Waals surface area contributed by atoms with Crippen LogP contribution in [0.3, 0.4) is 0 Å². The monoisotopic (exact) mass is 420 g/mol. The van der Waals surface area contributed by atoms with Gasteiger partial charge in [-0.05, 0) is 43.2 Å². The van der Waals surface area contributed by atoms with E-state index in [0.717, 1.165) is 6.07 Å². The molecule has 1 aliphatic rings. The molecule has 1 fully saturated rings. The molecule has 1 unspecified atom stereocenters. The van der Waals surface area contributed by atoms with Crippen LogP contribution in [0.25, 0.3) is 10.9 Å². The van der Waals surface area contributed by atoms with E-state index in [9.17, 15) is 18.8 Å². The highest BCUT2D eigenvalue weighted by atomic mass is 19.1.